The first-order valence-electron chi connectivity index (χ1n) is 9.26. The first kappa shape index (κ1) is 21.4. The molecule has 0 atom stereocenters. The monoisotopic (exact) mass is 423 g/mol. The van der Waals surface area contributed by atoms with Crippen LogP contribution in [0.2, 0.25) is 0 Å². The average Bonchev–Trinajstić information content (AvgIpc) is 2.73. The van der Waals surface area contributed by atoms with Crippen LogP contribution in [0.1, 0.15) is 19.0 Å². The molecule has 7 nitrogen and oxygen atoms in total. The third-order valence-electron chi connectivity index (χ3n) is 4.36. The molecule has 3 rings (SSSR count). The number of hydrogen-bond acceptors (Lipinski definition) is 5. The van der Waals surface area contributed by atoms with Gasteiger partial charge in [-0.25, -0.2) is 9.78 Å². The number of hydrogen-bond donors (Lipinski definition) is 0. The summed E-state index contributed by atoms with van der Waals surface area (Å²) >= 11 is 0. The molecule has 0 spiro atoms. The number of alkyl halides is 3. The van der Waals surface area contributed by atoms with Crippen LogP contribution in [0.5, 0.6) is 11.5 Å². The molecule has 0 amide bonds. The average molecular weight is 423 g/mol. The summed E-state index contributed by atoms with van der Waals surface area (Å²) in [6, 6.07) is 8.65. The number of fused-ring (bicyclic) bond motifs is 1. The Morgan fingerprint density at radius 3 is 2.13 bits per heavy atom. The van der Waals surface area contributed by atoms with Crippen molar-refractivity contribution in [1.82, 2.24) is 14.1 Å². The molecule has 0 radical (unpaired) electrons. The highest BCUT2D eigenvalue weighted by Crippen LogP contribution is 2.28. The van der Waals surface area contributed by atoms with E-state index in [1.54, 1.807) is 24.3 Å². The Kier molecular flexibility index (Phi) is 6.14. The van der Waals surface area contributed by atoms with Crippen molar-refractivity contribution >= 4 is 11.0 Å². The fourth-order valence-corrected chi connectivity index (χ4v) is 2.84. The smallest absolute Gasteiger partial charge is 0.433 e. The van der Waals surface area contributed by atoms with E-state index in [-0.39, 0.29) is 24.2 Å². The molecule has 0 aliphatic rings. The Morgan fingerprint density at radius 2 is 1.57 bits per heavy atom. The molecule has 2 aromatic heterocycles. The zero-order valence-electron chi connectivity index (χ0n) is 16.4. The number of aryl methyl sites for hydroxylation is 1. The standard InChI is InChI=1S/C20H20F3N3O4/c1-3-11-29-13-4-6-14(7-5-13)30-12-10-26-18(27)15-8-9-16(20(21,22)23)24-17(15)25(2)19(26)28/h4-9H,3,10-12H2,1-2H3. The summed E-state index contributed by atoms with van der Waals surface area (Å²) in [6.07, 6.45) is -3.79. The summed E-state index contributed by atoms with van der Waals surface area (Å²) in [5.41, 5.74) is -2.98. The van der Waals surface area contributed by atoms with E-state index < -0.39 is 23.1 Å². The van der Waals surface area contributed by atoms with Crippen molar-refractivity contribution < 1.29 is 22.6 Å². The molecule has 0 aliphatic carbocycles. The Bertz CT molecular complexity index is 1150. The van der Waals surface area contributed by atoms with Crippen molar-refractivity contribution in [2.24, 2.45) is 7.05 Å². The lowest BCUT2D eigenvalue weighted by atomic mass is 10.2. The summed E-state index contributed by atoms with van der Waals surface area (Å²) in [5, 5.41) is -0.0810. The van der Waals surface area contributed by atoms with Crippen LogP contribution in [0.25, 0.3) is 11.0 Å². The van der Waals surface area contributed by atoms with Gasteiger partial charge in [0.2, 0.25) is 0 Å². The minimum atomic E-state index is -4.68. The number of rotatable bonds is 7. The van der Waals surface area contributed by atoms with Crippen molar-refractivity contribution in [2.75, 3.05) is 13.2 Å². The van der Waals surface area contributed by atoms with Crippen LogP contribution in [0.3, 0.4) is 0 Å². The van der Waals surface area contributed by atoms with Crippen molar-refractivity contribution in [3.8, 4) is 11.5 Å². The molecule has 30 heavy (non-hydrogen) atoms. The van der Waals surface area contributed by atoms with Crippen LogP contribution >= 0.6 is 0 Å². The van der Waals surface area contributed by atoms with E-state index in [2.05, 4.69) is 4.98 Å². The maximum absolute atomic E-state index is 12.9. The summed E-state index contributed by atoms with van der Waals surface area (Å²) in [5.74, 6) is 1.23. The summed E-state index contributed by atoms with van der Waals surface area (Å²) in [6.45, 7) is 2.55. The Hall–Kier alpha value is -3.30. The molecule has 1 aromatic carbocycles. The van der Waals surface area contributed by atoms with E-state index in [9.17, 15) is 22.8 Å². The minimum absolute atomic E-state index is 0.0177. The van der Waals surface area contributed by atoms with Crippen LogP contribution in [0.4, 0.5) is 13.2 Å². The number of benzene rings is 1. The van der Waals surface area contributed by atoms with E-state index in [4.69, 9.17) is 9.47 Å². The van der Waals surface area contributed by atoms with Gasteiger partial charge in [-0.1, -0.05) is 6.92 Å². The molecule has 0 saturated heterocycles. The van der Waals surface area contributed by atoms with Gasteiger partial charge in [-0.15, -0.1) is 0 Å². The second-order valence-corrected chi connectivity index (χ2v) is 6.53. The number of nitrogens with zero attached hydrogens (tertiary/aromatic N) is 3. The first-order chi connectivity index (χ1) is 14.2. The quantitative estimate of drug-likeness (QED) is 0.584. The first-order valence-corrected chi connectivity index (χ1v) is 9.26. The lowest BCUT2D eigenvalue weighted by Crippen LogP contribution is -2.40. The predicted octanol–water partition coefficient (Wildman–Crippen LogP) is 2.98. The maximum Gasteiger partial charge on any atom is 0.433 e. The van der Waals surface area contributed by atoms with Gasteiger partial charge in [0, 0.05) is 7.05 Å². The number of ether oxygens (including phenoxy) is 2. The second-order valence-electron chi connectivity index (χ2n) is 6.53. The molecule has 0 fully saturated rings. The van der Waals surface area contributed by atoms with E-state index in [1.165, 1.54) is 7.05 Å². The third kappa shape index (κ3) is 4.47. The van der Waals surface area contributed by atoms with Gasteiger partial charge in [-0.3, -0.25) is 13.9 Å². The molecular formula is C20H20F3N3O4. The fraction of sp³-hybridized carbons (Fsp3) is 0.350. The molecular weight excluding hydrogens is 403 g/mol. The topological polar surface area (TPSA) is 75.3 Å². The Balaban J connectivity index is 1.79. The van der Waals surface area contributed by atoms with Crippen molar-refractivity contribution in [3.63, 3.8) is 0 Å². The van der Waals surface area contributed by atoms with Crippen LogP contribution in [0.15, 0.2) is 46.0 Å². The third-order valence-corrected chi connectivity index (χ3v) is 4.36. The zero-order valence-corrected chi connectivity index (χ0v) is 16.4. The highest BCUT2D eigenvalue weighted by molar-refractivity contribution is 5.74. The predicted molar refractivity (Wildman–Crippen MR) is 104 cm³/mol. The highest BCUT2D eigenvalue weighted by atomic mass is 19.4. The highest BCUT2D eigenvalue weighted by Gasteiger charge is 2.33. The summed E-state index contributed by atoms with van der Waals surface area (Å²) in [4.78, 5) is 28.5. The van der Waals surface area contributed by atoms with Gasteiger partial charge in [-0.2, -0.15) is 13.2 Å². The molecule has 160 valence electrons. The number of halogens is 3. The molecule has 3 aromatic rings. The molecule has 0 bridgehead atoms. The lowest BCUT2D eigenvalue weighted by Gasteiger charge is -2.13. The van der Waals surface area contributed by atoms with Gasteiger partial charge < -0.3 is 9.47 Å². The minimum Gasteiger partial charge on any atom is -0.494 e. The maximum atomic E-state index is 12.9. The van der Waals surface area contributed by atoms with Crippen molar-refractivity contribution in [2.45, 2.75) is 26.1 Å². The van der Waals surface area contributed by atoms with Crippen molar-refractivity contribution in [1.29, 1.82) is 0 Å². The Labute approximate surface area is 169 Å². The molecule has 0 aliphatic heterocycles. The van der Waals surface area contributed by atoms with Gasteiger partial charge in [0.1, 0.15) is 29.4 Å². The summed E-state index contributed by atoms with van der Waals surface area (Å²) in [7, 11) is 1.27. The van der Waals surface area contributed by atoms with E-state index in [0.29, 0.717) is 18.1 Å². The van der Waals surface area contributed by atoms with Crippen LogP contribution in [-0.2, 0) is 19.8 Å². The zero-order chi connectivity index (χ0) is 21.9. The van der Waals surface area contributed by atoms with Gasteiger partial charge in [-0.05, 0) is 42.8 Å². The van der Waals surface area contributed by atoms with Crippen LogP contribution in [0, 0.1) is 0 Å². The van der Waals surface area contributed by atoms with Gasteiger partial charge in [0.15, 0.2) is 0 Å². The number of aromatic nitrogens is 3. The lowest BCUT2D eigenvalue weighted by molar-refractivity contribution is -0.141. The fourth-order valence-electron chi connectivity index (χ4n) is 2.84. The second kappa shape index (κ2) is 8.60. The largest absolute Gasteiger partial charge is 0.494 e. The normalized spacial score (nSPS) is 11.6. The molecule has 2 heterocycles. The molecule has 0 saturated carbocycles. The molecule has 0 unspecified atom stereocenters. The van der Waals surface area contributed by atoms with E-state index >= 15 is 0 Å². The van der Waals surface area contributed by atoms with Gasteiger partial charge in [0.25, 0.3) is 5.56 Å². The summed E-state index contributed by atoms with van der Waals surface area (Å²) < 4.78 is 51.5. The van der Waals surface area contributed by atoms with Crippen LogP contribution < -0.4 is 20.7 Å². The Morgan fingerprint density at radius 1 is 0.967 bits per heavy atom. The van der Waals surface area contributed by atoms with Crippen molar-refractivity contribution in [3.05, 3.63) is 62.9 Å². The van der Waals surface area contributed by atoms with Gasteiger partial charge in [0.05, 0.1) is 18.5 Å². The number of pyridine rings is 1. The van der Waals surface area contributed by atoms with Gasteiger partial charge >= 0.3 is 11.9 Å². The van der Waals surface area contributed by atoms with E-state index in [1.807, 2.05) is 6.92 Å². The molecule has 10 heteroatoms. The van der Waals surface area contributed by atoms with Crippen LogP contribution in [-0.4, -0.2) is 27.3 Å². The van der Waals surface area contributed by atoms with E-state index in [0.717, 1.165) is 27.7 Å². The molecule has 0 N–H and O–H groups in total. The SMILES string of the molecule is CCCOc1ccc(OCCn2c(=O)c3ccc(C(F)(F)F)nc3n(C)c2=O)cc1.